The van der Waals surface area contributed by atoms with E-state index in [4.69, 9.17) is 5.73 Å². The molecule has 0 aliphatic heterocycles. The van der Waals surface area contributed by atoms with Gasteiger partial charge in [0.2, 0.25) is 0 Å². The maximum atomic E-state index is 12.3. The number of hydrogen-bond donors (Lipinski definition) is 1. The van der Waals surface area contributed by atoms with E-state index < -0.39 is 0 Å². The summed E-state index contributed by atoms with van der Waals surface area (Å²) in [4.78, 5) is 18.3. The number of nitrogens with zero attached hydrogens (tertiary/aromatic N) is 3. The lowest BCUT2D eigenvalue weighted by atomic mass is 10.1. The number of amides is 1. The molecule has 1 aromatic heterocycles. The summed E-state index contributed by atoms with van der Waals surface area (Å²) >= 11 is 0. The molecule has 1 heterocycles. The largest absolute Gasteiger partial charge is 0.342 e. The standard InChI is InChI=1S/C16H22N4O/c1-19-11-9-18-15(19)4-3-10-20(2)16(21)14-7-5-13(12-17)6-8-14/h5-9,11H,3-4,10,12,17H2,1-2H3. The molecule has 2 rings (SSSR count). The van der Waals surface area contributed by atoms with Crippen LogP contribution in [0.1, 0.15) is 28.2 Å². The van der Waals surface area contributed by atoms with E-state index in [9.17, 15) is 4.79 Å². The molecule has 0 unspecified atom stereocenters. The van der Waals surface area contributed by atoms with Crippen LogP contribution in [0.5, 0.6) is 0 Å². The first-order valence-electron chi connectivity index (χ1n) is 7.12. The van der Waals surface area contributed by atoms with Gasteiger partial charge in [-0.25, -0.2) is 4.98 Å². The smallest absolute Gasteiger partial charge is 0.253 e. The molecule has 0 atom stereocenters. The van der Waals surface area contributed by atoms with Crippen molar-refractivity contribution in [2.75, 3.05) is 13.6 Å². The Morgan fingerprint density at radius 1 is 1.33 bits per heavy atom. The summed E-state index contributed by atoms with van der Waals surface area (Å²) in [5.74, 6) is 1.08. The Morgan fingerprint density at radius 2 is 2.05 bits per heavy atom. The van der Waals surface area contributed by atoms with Crippen LogP contribution in [0.3, 0.4) is 0 Å². The Hall–Kier alpha value is -2.14. The second-order valence-corrected chi connectivity index (χ2v) is 5.19. The lowest BCUT2D eigenvalue weighted by Crippen LogP contribution is -2.28. The molecule has 2 N–H and O–H groups in total. The molecule has 0 fully saturated rings. The van der Waals surface area contributed by atoms with Gasteiger partial charge in [0.05, 0.1) is 0 Å². The van der Waals surface area contributed by atoms with Crippen LogP contribution in [0.2, 0.25) is 0 Å². The highest BCUT2D eigenvalue weighted by molar-refractivity contribution is 5.94. The van der Waals surface area contributed by atoms with Gasteiger partial charge < -0.3 is 15.2 Å². The normalized spacial score (nSPS) is 10.6. The lowest BCUT2D eigenvalue weighted by molar-refractivity contribution is 0.0793. The van der Waals surface area contributed by atoms with E-state index in [1.807, 2.05) is 49.1 Å². The molecule has 112 valence electrons. The van der Waals surface area contributed by atoms with Crippen LogP contribution in [0.15, 0.2) is 36.7 Å². The van der Waals surface area contributed by atoms with Crippen LogP contribution >= 0.6 is 0 Å². The zero-order valence-corrected chi connectivity index (χ0v) is 12.6. The summed E-state index contributed by atoms with van der Waals surface area (Å²) in [6.07, 6.45) is 5.49. The van der Waals surface area contributed by atoms with Crippen LogP contribution in [0.25, 0.3) is 0 Å². The summed E-state index contributed by atoms with van der Waals surface area (Å²) in [7, 11) is 3.81. The number of carbonyl (C=O) groups is 1. The first kappa shape index (κ1) is 15.3. The number of benzene rings is 1. The zero-order chi connectivity index (χ0) is 15.2. The first-order valence-corrected chi connectivity index (χ1v) is 7.12. The molecular weight excluding hydrogens is 264 g/mol. The lowest BCUT2D eigenvalue weighted by Gasteiger charge is -2.17. The molecule has 0 saturated heterocycles. The number of carbonyl (C=O) groups excluding carboxylic acids is 1. The minimum absolute atomic E-state index is 0.0402. The van der Waals surface area contributed by atoms with E-state index in [0.29, 0.717) is 18.7 Å². The highest BCUT2D eigenvalue weighted by Crippen LogP contribution is 2.08. The van der Waals surface area contributed by atoms with Crippen LogP contribution < -0.4 is 5.73 Å². The van der Waals surface area contributed by atoms with Gasteiger partial charge in [-0.05, 0) is 24.1 Å². The fourth-order valence-corrected chi connectivity index (χ4v) is 2.22. The average Bonchev–Trinajstić information content (AvgIpc) is 2.92. The monoisotopic (exact) mass is 286 g/mol. The highest BCUT2D eigenvalue weighted by Gasteiger charge is 2.11. The molecule has 5 heteroatoms. The fraction of sp³-hybridized carbons (Fsp3) is 0.375. The van der Waals surface area contributed by atoms with E-state index in [-0.39, 0.29) is 5.91 Å². The predicted molar refractivity (Wildman–Crippen MR) is 82.8 cm³/mol. The summed E-state index contributed by atoms with van der Waals surface area (Å²) in [6, 6.07) is 7.46. The van der Waals surface area contributed by atoms with E-state index in [2.05, 4.69) is 4.98 Å². The Kier molecular flexibility index (Phi) is 5.11. The van der Waals surface area contributed by atoms with Crippen LogP contribution in [0, 0.1) is 0 Å². The van der Waals surface area contributed by atoms with Gasteiger partial charge in [0.25, 0.3) is 5.91 Å². The minimum Gasteiger partial charge on any atom is -0.342 e. The van der Waals surface area contributed by atoms with Gasteiger partial charge in [-0.15, -0.1) is 0 Å². The third kappa shape index (κ3) is 3.92. The van der Waals surface area contributed by atoms with Gasteiger partial charge in [0.15, 0.2) is 0 Å². The van der Waals surface area contributed by atoms with E-state index >= 15 is 0 Å². The molecule has 2 aromatic rings. The van der Waals surface area contributed by atoms with Crippen molar-refractivity contribution in [3.63, 3.8) is 0 Å². The van der Waals surface area contributed by atoms with Crippen LogP contribution in [-0.4, -0.2) is 34.0 Å². The molecular formula is C16H22N4O. The number of rotatable bonds is 6. The van der Waals surface area contributed by atoms with Gasteiger partial charge in [-0.2, -0.15) is 0 Å². The maximum absolute atomic E-state index is 12.3. The molecule has 0 bridgehead atoms. The number of imidazole rings is 1. The number of nitrogens with two attached hydrogens (primary N) is 1. The van der Waals surface area contributed by atoms with Gasteiger partial charge in [-0.1, -0.05) is 12.1 Å². The van der Waals surface area contributed by atoms with Gasteiger partial charge >= 0.3 is 0 Å². The van der Waals surface area contributed by atoms with E-state index in [0.717, 1.165) is 24.2 Å². The second-order valence-electron chi connectivity index (χ2n) is 5.19. The fourth-order valence-electron chi connectivity index (χ4n) is 2.22. The van der Waals surface area contributed by atoms with Crippen molar-refractivity contribution < 1.29 is 4.79 Å². The average molecular weight is 286 g/mol. The van der Waals surface area contributed by atoms with Crippen molar-refractivity contribution >= 4 is 5.91 Å². The number of aryl methyl sites for hydroxylation is 2. The Bertz CT molecular complexity index is 589. The summed E-state index contributed by atoms with van der Waals surface area (Å²) in [6.45, 7) is 1.21. The van der Waals surface area contributed by atoms with E-state index in [1.165, 1.54) is 0 Å². The molecule has 1 aromatic carbocycles. The van der Waals surface area contributed by atoms with Gasteiger partial charge in [0, 0.05) is 51.6 Å². The summed E-state index contributed by atoms with van der Waals surface area (Å²) < 4.78 is 2.01. The minimum atomic E-state index is 0.0402. The molecule has 0 radical (unpaired) electrons. The van der Waals surface area contributed by atoms with Gasteiger partial charge in [-0.3, -0.25) is 4.79 Å². The molecule has 0 saturated carbocycles. The van der Waals surface area contributed by atoms with Crippen molar-refractivity contribution in [3.05, 3.63) is 53.6 Å². The number of aromatic nitrogens is 2. The maximum Gasteiger partial charge on any atom is 0.253 e. The highest BCUT2D eigenvalue weighted by atomic mass is 16.2. The SMILES string of the molecule is CN(CCCc1nccn1C)C(=O)c1ccc(CN)cc1. The Labute approximate surface area is 125 Å². The third-order valence-electron chi connectivity index (χ3n) is 3.60. The van der Waals surface area contributed by atoms with Crippen molar-refractivity contribution in [2.24, 2.45) is 12.8 Å². The third-order valence-corrected chi connectivity index (χ3v) is 3.60. The molecule has 0 spiro atoms. The Morgan fingerprint density at radius 3 is 2.62 bits per heavy atom. The van der Waals surface area contributed by atoms with E-state index in [1.54, 1.807) is 11.1 Å². The van der Waals surface area contributed by atoms with Crippen molar-refractivity contribution in [1.82, 2.24) is 14.5 Å². The predicted octanol–water partition coefficient (Wildman–Crippen LogP) is 1.58. The number of hydrogen-bond acceptors (Lipinski definition) is 3. The van der Waals surface area contributed by atoms with Crippen molar-refractivity contribution in [2.45, 2.75) is 19.4 Å². The molecule has 21 heavy (non-hydrogen) atoms. The molecule has 0 aliphatic rings. The second kappa shape index (κ2) is 7.04. The molecule has 1 amide bonds. The van der Waals surface area contributed by atoms with Crippen molar-refractivity contribution in [3.8, 4) is 0 Å². The van der Waals surface area contributed by atoms with Crippen molar-refractivity contribution in [1.29, 1.82) is 0 Å². The summed E-state index contributed by atoms with van der Waals surface area (Å²) in [5, 5.41) is 0. The molecule has 0 aliphatic carbocycles. The topological polar surface area (TPSA) is 64.2 Å². The quantitative estimate of drug-likeness (QED) is 0.877. The Balaban J connectivity index is 1.85. The van der Waals surface area contributed by atoms with Crippen LogP contribution in [-0.2, 0) is 20.0 Å². The summed E-state index contributed by atoms with van der Waals surface area (Å²) in [5.41, 5.74) is 7.29. The van der Waals surface area contributed by atoms with Gasteiger partial charge in [0.1, 0.15) is 5.82 Å². The first-order chi connectivity index (χ1) is 10.1. The molecule has 5 nitrogen and oxygen atoms in total. The van der Waals surface area contributed by atoms with Crippen LogP contribution in [0.4, 0.5) is 0 Å². The zero-order valence-electron chi connectivity index (χ0n) is 12.6.